The fraction of sp³-hybridized carbons (Fsp3) is 0.667. The van der Waals surface area contributed by atoms with Crippen LogP contribution in [0.4, 0.5) is 0 Å². The van der Waals surface area contributed by atoms with Gasteiger partial charge < -0.3 is 9.64 Å². The molecule has 0 radical (unpaired) electrons. The standard InChI is InChI=1S/C9H12N2OS/c1-2-12-7-5-6-8(7)13-9-10-3-4-11(6)9/h7H,2-5H2,1H3. The van der Waals surface area contributed by atoms with Crippen LogP contribution in [-0.2, 0) is 4.74 Å². The molecular formula is C9H12N2OS. The van der Waals surface area contributed by atoms with E-state index in [2.05, 4.69) is 16.8 Å². The number of amidine groups is 1. The third kappa shape index (κ3) is 0.987. The number of aliphatic imine (C=N–C) groups is 1. The van der Waals surface area contributed by atoms with Crippen LogP contribution in [0.5, 0.6) is 0 Å². The molecule has 0 spiro atoms. The van der Waals surface area contributed by atoms with Gasteiger partial charge in [0, 0.05) is 30.2 Å². The zero-order chi connectivity index (χ0) is 8.84. The molecule has 2 aliphatic heterocycles. The molecule has 0 bridgehead atoms. The Hall–Kier alpha value is -0.480. The first kappa shape index (κ1) is 7.88. The molecule has 0 saturated heterocycles. The Morgan fingerprint density at radius 1 is 1.69 bits per heavy atom. The number of nitrogens with zero attached hydrogens (tertiary/aromatic N) is 2. The van der Waals surface area contributed by atoms with E-state index >= 15 is 0 Å². The smallest absolute Gasteiger partial charge is 0.168 e. The zero-order valence-electron chi connectivity index (χ0n) is 7.62. The van der Waals surface area contributed by atoms with E-state index in [1.807, 2.05) is 11.8 Å². The largest absolute Gasteiger partial charge is 0.373 e. The van der Waals surface area contributed by atoms with Crippen LogP contribution < -0.4 is 0 Å². The minimum atomic E-state index is 0.373. The molecule has 3 rings (SSSR count). The van der Waals surface area contributed by atoms with Gasteiger partial charge in [-0.05, 0) is 6.92 Å². The van der Waals surface area contributed by atoms with Crippen LogP contribution in [0.2, 0.25) is 0 Å². The van der Waals surface area contributed by atoms with Crippen molar-refractivity contribution in [3.63, 3.8) is 0 Å². The summed E-state index contributed by atoms with van der Waals surface area (Å²) in [5, 5.41) is 1.20. The fourth-order valence-electron chi connectivity index (χ4n) is 1.99. The molecule has 1 atom stereocenters. The van der Waals surface area contributed by atoms with Gasteiger partial charge in [0.25, 0.3) is 0 Å². The van der Waals surface area contributed by atoms with Crippen molar-refractivity contribution in [2.24, 2.45) is 4.99 Å². The van der Waals surface area contributed by atoms with Crippen molar-refractivity contribution < 1.29 is 4.74 Å². The lowest BCUT2D eigenvalue weighted by Crippen LogP contribution is -2.31. The number of rotatable bonds is 2. The van der Waals surface area contributed by atoms with Crippen LogP contribution in [0.15, 0.2) is 15.6 Å². The molecule has 1 aliphatic carbocycles. The minimum Gasteiger partial charge on any atom is -0.373 e. The van der Waals surface area contributed by atoms with Crippen LogP contribution in [0.1, 0.15) is 13.3 Å². The first-order valence-corrected chi connectivity index (χ1v) is 5.56. The molecule has 0 saturated carbocycles. The Labute approximate surface area is 81.8 Å². The summed E-state index contributed by atoms with van der Waals surface area (Å²) in [6, 6.07) is 0. The normalized spacial score (nSPS) is 30.1. The van der Waals surface area contributed by atoms with Crippen molar-refractivity contribution in [3.8, 4) is 0 Å². The van der Waals surface area contributed by atoms with Crippen LogP contribution in [0.3, 0.4) is 0 Å². The highest BCUT2D eigenvalue weighted by Gasteiger charge is 2.43. The van der Waals surface area contributed by atoms with Crippen molar-refractivity contribution in [3.05, 3.63) is 10.6 Å². The lowest BCUT2D eigenvalue weighted by atomic mass is 10.0. The van der Waals surface area contributed by atoms with Gasteiger partial charge in [0.1, 0.15) is 0 Å². The number of thioether (sulfide) groups is 1. The van der Waals surface area contributed by atoms with Gasteiger partial charge in [-0.1, -0.05) is 11.8 Å². The van der Waals surface area contributed by atoms with E-state index < -0.39 is 0 Å². The lowest BCUT2D eigenvalue weighted by molar-refractivity contribution is 0.0742. The summed E-state index contributed by atoms with van der Waals surface area (Å²) >= 11 is 1.81. The highest BCUT2D eigenvalue weighted by atomic mass is 32.2. The molecule has 0 aromatic heterocycles. The SMILES string of the molecule is CCOC1CC2=C1SC1=NCCN12. The lowest BCUT2D eigenvalue weighted by Gasteiger charge is -2.30. The van der Waals surface area contributed by atoms with Gasteiger partial charge in [0.05, 0.1) is 12.6 Å². The monoisotopic (exact) mass is 196 g/mol. The van der Waals surface area contributed by atoms with Crippen molar-refractivity contribution in [1.29, 1.82) is 0 Å². The maximum atomic E-state index is 5.60. The predicted molar refractivity (Wildman–Crippen MR) is 53.7 cm³/mol. The average Bonchev–Trinajstić information content (AvgIpc) is 2.63. The first-order chi connectivity index (χ1) is 6.40. The van der Waals surface area contributed by atoms with Crippen LogP contribution in [0, 0.1) is 0 Å². The number of ether oxygens (including phenoxy) is 1. The van der Waals surface area contributed by atoms with E-state index in [0.29, 0.717) is 6.10 Å². The Balaban J connectivity index is 1.79. The highest BCUT2D eigenvalue weighted by Crippen LogP contribution is 2.49. The molecule has 2 heterocycles. The number of hydrogen-bond acceptors (Lipinski definition) is 4. The average molecular weight is 196 g/mol. The van der Waals surface area contributed by atoms with Gasteiger partial charge in [-0.25, -0.2) is 0 Å². The zero-order valence-corrected chi connectivity index (χ0v) is 8.43. The molecule has 13 heavy (non-hydrogen) atoms. The summed E-state index contributed by atoms with van der Waals surface area (Å²) in [4.78, 5) is 8.20. The van der Waals surface area contributed by atoms with E-state index in [0.717, 1.165) is 26.1 Å². The summed E-state index contributed by atoms with van der Waals surface area (Å²) in [5.74, 6) is 0. The molecular weight excluding hydrogens is 184 g/mol. The molecule has 3 aliphatic rings. The number of hydrogen-bond donors (Lipinski definition) is 0. The highest BCUT2D eigenvalue weighted by molar-refractivity contribution is 8.17. The van der Waals surface area contributed by atoms with Crippen molar-refractivity contribution in [2.75, 3.05) is 19.7 Å². The van der Waals surface area contributed by atoms with E-state index in [4.69, 9.17) is 4.74 Å². The second-order valence-corrected chi connectivity index (χ2v) is 4.39. The summed E-state index contributed by atoms with van der Waals surface area (Å²) < 4.78 is 5.60. The maximum absolute atomic E-state index is 5.60. The van der Waals surface area contributed by atoms with Gasteiger partial charge in [-0.15, -0.1) is 0 Å². The van der Waals surface area contributed by atoms with Crippen molar-refractivity contribution >= 4 is 16.9 Å². The summed E-state index contributed by atoms with van der Waals surface area (Å²) in [6.45, 7) is 4.92. The Bertz CT molecular complexity index is 311. The van der Waals surface area contributed by atoms with Crippen molar-refractivity contribution in [1.82, 2.24) is 4.90 Å². The van der Waals surface area contributed by atoms with E-state index in [1.54, 1.807) is 0 Å². The van der Waals surface area contributed by atoms with E-state index in [-0.39, 0.29) is 0 Å². The number of fused-ring (bicyclic) bond motifs is 2. The Morgan fingerprint density at radius 3 is 3.46 bits per heavy atom. The Morgan fingerprint density at radius 2 is 2.62 bits per heavy atom. The van der Waals surface area contributed by atoms with Gasteiger partial charge >= 0.3 is 0 Å². The van der Waals surface area contributed by atoms with Gasteiger partial charge in [-0.3, -0.25) is 4.99 Å². The van der Waals surface area contributed by atoms with Crippen molar-refractivity contribution in [2.45, 2.75) is 19.4 Å². The topological polar surface area (TPSA) is 24.8 Å². The minimum absolute atomic E-state index is 0.373. The van der Waals surface area contributed by atoms with Crippen LogP contribution >= 0.6 is 11.8 Å². The predicted octanol–water partition coefficient (Wildman–Crippen LogP) is 1.43. The summed E-state index contributed by atoms with van der Waals surface area (Å²) in [5.41, 5.74) is 1.47. The second kappa shape index (κ2) is 2.75. The van der Waals surface area contributed by atoms with E-state index in [9.17, 15) is 0 Å². The maximum Gasteiger partial charge on any atom is 0.168 e. The Kier molecular flexibility index (Phi) is 1.67. The van der Waals surface area contributed by atoms with Crippen LogP contribution in [0.25, 0.3) is 0 Å². The second-order valence-electron chi connectivity index (χ2n) is 3.38. The molecule has 0 N–H and O–H groups in total. The van der Waals surface area contributed by atoms with Crippen LogP contribution in [-0.4, -0.2) is 35.9 Å². The molecule has 0 fully saturated rings. The van der Waals surface area contributed by atoms with Gasteiger partial charge in [0.2, 0.25) is 0 Å². The molecule has 0 aromatic rings. The fourth-order valence-corrected chi connectivity index (χ4v) is 3.25. The molecule has 0 aromatic carbocycles. The quantitative estimate of drug-likeness (QED) is 0.668. The summed E-state index contributed by atoms with van der Waals surface area (Å²) in [7, 11) is 0. The van der Waals surface area contributed by atoms with Gasteiger partial charge in [0.15, 0.2) is 5.17 Å². The van der Waals surface area contributed by atoms with Gasteiger partial charge in [-0.2, -0.15) is 0 Å². The van der Waals surface area contributed by atoms with E-state index in [1.165, 1.54) is 15.8 Å². The molecule has 0 amide bonds. The molecule has 4 heteroatoms. The molecule has 1 unspecified atom stereocenters. The molecule has 3 nitrogen and oxygen atoms in total. The third-order valence-electron chi connectivity index (χ3n) is 2.65. The summed E-state index contributed by atoms with van der Waals surface area (Å²) in [6.07, 6.45) is 1.47. The molecule has 70 valence electrons. The first-order valence-electron chi connectivity index (χ1n) is 4.74. The third-order valence-corrected chi connectivity index (χ3v) is 3.90.